The van der Waals surface area contributed by atoms with Gasteiger partial charge in [-0.05, 0) is 31.2 Å². The number of aryl methyl sites for hydroxylation is 1. The van der Waals surface area contributed by atoms with Crippen LogP contribution >= 0.6 is 0 Å². The summed E-state index contributed by atoms with van der Waals surface area (Å²) in [7, 11) is 3.08. The van der Waals surface area contributed by atoms with Gasteiger partial charge in [0.2, 0.25) is 11.8 Å². The molecule has 0 bridgehead atoms. The lowest BCUT2D eigenvalue weighted by Gasteiger charge is -2.13. The zero-order valence-electron chi connectivity index (χ0n) is 15.6. The second-order valence-electron chi connectivity index (χ2n) is 5.71. The maximum Gasteiger partial charge on any atom is 0.332 e. The molecule has 0 aliphatic rings. The van der Waals surface area contributed by atoms with Gasteiger partial charge in [0.1, 0.15) is 23.0 Å². The Bertz CT molecular complexity index is 975. The van der Waals surface area contributed by atoms with Crippen molar-refractivity contribution in [1.29, 1.82) is 0 Å². The van der Waals surface area contributed by atoms with E-state index in [1.807, 2.05) is 0 Å². The molecule has 0 aliphatic carbocycles. The van der Waals surface area contributed by atoms with Crippen molar-refractivity contribution in [1.82, 2.24) is 9.97 Å². The molecule has 0 saturated heterocycles. The van der Waals surface area contributed by atoms with E-state index in [-0.39, 0.29) is 29.7 Å². The molecule has 0 radical (unpaired) electrons. The summed E-state index contributed by atoms with van der Waals surface area (Å²) in [5.74, 6) is 2.04. The smallest absolute Gasteiger partial charge is 0.332 e. The molecule has 28 heavy (non-hydrogen) atoms. The highest BCUT2D eigenvalue weighted by atomic mass is 16.6. The highest BCUT2D eigenvalue weighted by Crippen LogP contribution is 2.33. The van der Waals surface area contributed by atoms with Gasteiger partial charge in [-0.3, -0.25) is 10.1 Å². The fraction of sp³-hybridized carbons (Fsp3) is 0.222. The van der Waals surface area contributed by atoms with Crippen LogP contribution in [0.2, 0.25) is 0 Å². The number of anilines is 3. The van der Waals surface area contributed by atoms with Crippen LogP contribution in [0.15, 0.2) is 41.0 Å². The molecule has 0 saturated carbocycles. The van der Waals surface area contributed by atoms with Crippen LogP contribution in [0.25, 0.3) is 0 Å². The highest BCUT2D eigenvalue weighted by Gasteiger charge is 2.22. The molecule has 0 amide bonds. The van der Waals surface area contributed by atoms with Crippen molar-refractivity contribution < 1.29 is 18.8 Å². The lowest BCUT2D eigenvalue weighted by molar-refractivity contribution is -0.385. The first kappa shape index (κ1) is 19.0. The molecule has 3 aromatic rings. The number of aromatic nitrogens is 2. The van der Waals surface area contributed by atoms with Gasteiger partial charge in [-0.25, -0.2) is 4.98 Å². The number of methoxy groups -OCH3 is 2. The zero-order chi connectivity index (χ0) is 20.1. The molecule has 1 aromatic carbocycles. The minimum Gasteiger partial charge on any atom is -0.497 e. The summed E-state index contributed by atoms with van der Waals surface area (Å²) in [4.78, 5) is 19.4. The van der Waals surface area contributed by atoms with E-state index in [1.54, 1.807) is 44.4 Å². The summed E-state index contributed by atoms with van der Waals surface area (Å²) in [6.45, 7) is 1.80. The Morgan fingerprint density at radius 2 is 2.04 bits per heavy atom. The number of hydrogen-bond donors (Lipinski definition) is 2. The van der Waals surface area contributed by atoms with Crippen molar-refractivity contribution in [2.75, 3.05) is 24.9 Å². The second kappa shape index (κ2) is 8.25. The van der Waals surface area contributed by atoms with Crippen LogP contribution in [-0.4, -0.2) is 29.1 Å². The van der Waals surface area contributed by atoms with Gasteiger partial charge in [-0.2, -0.15) is 4.98 Å². The molecule has 0 fully saturated rings. The Balaban J connectivity index is 1.92. The van der Waals surface area contributed by atoms with Gasteiger partial charge in [0.25, 0.3) is 0 Å². The Hall–Kier alpha value is -3.82. The zero-order valence-corrected chi connectivity index (χ0v) is 15.6. The summed E-state index contributed by atoms with van der Waals surface area (Å²) in [6, 6.07) is 8.69. The summed E-state index contributed by atoms with van der Waals surface area (Å²) in [5.41, 5.74) is 0.615. The van der Waals surface area contributed by atoms with E-state index in [9.17, 15) is 10.1 Å². The number of nitrogens with zero attached hydrogens (tertiary/aromatic N) is 3. The molecule has 146 valence electrons. The molecule has 10 nitrogen and oxygen atoms in total. The van der Waals surface area contributed by atoms with Crippen LogP contribution in [0.5, 0.6) is 11.5 Å². The standard InChI is InChI=1S/C18H19N5O5/c1-11-16(23(24)25)17(19-10-13-5-4-8-28-13)22-18(20-11)21-14-7-6-12(26-2)9-15(14)27-3/h4-9H,10H2,1-3H3,(H2,19,20,21,22). The van der Waals surface area contributed by atoms with E-state index < -0.39 is 4.92 Å². The van der Waals surface area contributed by atoms with Gasteiger partial charge in [0, 0.05) is 6.07 Å². The Labute approximate surface area is 160 Å². The molecule has 2 heterocycles. The van der Waals surface area contributed by atoms with Crippen LogP contribution < -0.4 is 20.1 Å². The number of rotatable bonds is 8. The number of hydrogen-bond acceptors (Lipinski definition) is 9. The lowest BCUT2D eigenvalue weighted by atomic mass is 10.2. The molecule has 2 N–H and O–H groups in total. The molecule has 10 heteroatoms. The van der Waals surface area contributed by atoms with Gasteiger partial charge in [0.15, 0.2) is 0 Å². The Morgan fingerprint density at radius 3 is 2.68 bits per heavy atom. The molecule has 2 aromatic heterocycles. The number of nitrogens with one attached hydrogen (secondary N) is 2. The summed E-state index contributed by atoms with van der Waals surface area (Å²) < 4.78 is 15.8. The monoisotopic (exact) mass is 385 g/mol. The molecule has 0 aliphatic heterocycles. The average Bonchev–Trinajstić information content (AvgIpc) is 3.19. The Morgan fingerprint density at radius 1 is 1.21 bits per heavy atom. The van der Waals surface area contributed by atoms with Crippen LogP contribution in [0, 0.1) is 17.0 Å². The fourth-order valence-corrected chi connectivity index (χ4v) is 2.57. The van der Waals surface area contributed by atoms with Crippen molar-refractivity contribution >= 4 is 23.1 Å². The third-order valence-electron chi connectivity index (χ3n) is 3.91. The number of nitro groups is 1. The fourth-order valence-electron chi connectivity index (χ4n) is 2.57. The minimum atomic E-state index is -0.516. The number of benzene rings is 1. The predicted octanol–water partition coefficient (Wildman–Crippen LogP) is 3.66. The van der Waals surface area contributed by atoms with Gasteiger partial charge in [-0.15, -0.1) is 0 Å². The molecular formula is C18H19N5O5. The van der Waals surface area contributed by atoms with E-state index in [0.717, 1.165) is 0 Å². The molecule has 0 unspecified atom stereocenters. The normalized spacial score (nSPS) is 10.4. The first-order chi connectivity index (χ1) is 13.5. The topological polar surface area (TPSA) is 125 Å². The number of furan rings is 1. The van der Waals surface area contributed by atoms with Crippen LogP contribution in [0.3, 0.4) is 0 Å². The van der Waals surface area contributed by atoms with Crippen molar-refractivity contribution in [2.24, 2.45) is 0 Å². The predicted molar refractivity (Wildman–Crippen MR) is 102 cm³/mol. The van der Waals surface area contributed by atoms with Gasteiger partial charge < -0.3 is 24.5 Å². The van der Waals surface area contributed by atoms with Crippen LogP contribution in [-0.2, 0) is 6.54 Å². The molecule has 0 spiro atoms. The summed E-state index contributed by atoms with van der Waals surface area (Å²) in [5, 5.41) is 17.4. The first-order valence-electron chi connectivity index (χ1n) is 8.30. The van der Waals surface area contributed by atoms with Gasteiger partial charge in [0.05, 0.1) is 37.6 Å². The maximum atomic E-state index is 11.5. The SMILES string of the molecule is COc1ccc(Nc2nc(C)c([N+](=O)[O-])c(NCc3ccco3)n2)c(OC)c1. The summed E-state index contributed by atoms with van der Waals surface area (Å²) >= 11 is 0. The molecule has 3 rings (SSSR count). The van der Waals surface area contributed by atoms with E-state index in [0.29, 0.717) is 22.9 Å². The van der Waals surface area contributed by atoms with E-state index >= 15 is 0 Å². The van der Waals surface area contributed by atoms with Gasteiger partial charge >= 0.3 is 5.69 Å². The number of ether oxygens (including phenoxy) is 2. The average molecular weight is 385 g/mol. The van der Waals surface area contributed by atoms with Crippen LogP contribution in [0.1, 0.15) is 11.5 Å². The van der Waals surface area contributed by atoms with Crippen molar-refractivity contribution in [3.05, 3.63) is 58.2 Å². The second-order valence-corrected chi connectivity index (χ2v) is 5.71. The maximum absolute atomic E-state index is 11.5. The third kappa shape index (κ3) is 4.11. The lowest BCUT2D eigenvalue weighted by Crippen LogP contribution is -2.09. The summed E-state index contributed by atoms with van der Waals surface area (Å²) in [6.07, 6.45) is 1.53. The Kier molecular flexibility index (Phi) is 5.58. The molecule has 0 atom stereocenters. The van der Waals surface area contributed by atoms with Crippen molar-refractivity contribution in [3.8, 4) is 11.5 Å². The largest absolute Gasteiger partial charge is 0.497 e. The highest BCUT2D eigenvalue weighted by molar-refractivity contribution is 5.67. The first-order valence-corrected chi connectivity index (χ1v) is 8.30. The van der Waals surface area contributed by atoms with Crippen molar-refractivity contribution in [3.63, 3.8) is 0 Å². The van der Waals surface area contributed by atoms with Crippen molar-refractivity contribution in [2.45, 2.75) is 13.5 Å². The molecular weight excluding hydrogens is 366 g/mol. The van der Waals surface area contributed by atoms with E-state index in [4.69, 9.17) is 13.9 Å². The van der Waals surface area contributed by atoms with Gasteiger partial charge in [-0.1, -0.05) is 0 Å². The van der Waals surface area contributed by atoms with E-state index in [1.165, 1.54) is 13.4 Å². The quantitative estimate of drug-likeness (QED) is 0.441. The van der Waals surface area contributed by atoms with Crippen LogP contribution in [0.4, 0.5) is 23.1 Å². The minimum absolute atomic E-state index is 0.0869. The third-order valence-corrected chi connectivity index (χ3v) is 3.91. The van der Waals surface area contributed by atoms with E-state index in [2.05, 4.69) is 20.6 Å².